The van der Waals surface area contributed by atoms with E-state index < -0.39 is 17.3 Å². The van der Waals surface area contributed by atoms with Gasteiger partial charge in [-0.2, -0.15) is 18.4 Å². The van der Waals surface area contributed by atoms with E-state index in [1.807, 2.05) is 0 Å². The largest absolute Gasteiger partial charge is 0.417 e. The van der Waals surface area contributed by atoms with Crippen molar-refractivity contribution in [3.8, 4) is 6.07 Å². The van der Waals surface area contributed by atoms with E-state index in [-0.39, 0.29) is 23.9 Å². The average Bonchev–Trinajstić information content (AvgIpc) is 2.74. The normalized spacial score (nSPS) is 18.3. The smallest absolute Gasteiger partial charge is 0.382 e. The molecule has 3 N–H and O–H groups in total. The van der Waals surface area contributed by atoms with Gasteiger partial charge in [-0.1, -0.05) is 0 Å². The number of nitrogens with zero attached hydrogens (tertiary/aromatic N) is 1. The van der Waals surface area contributed by atoms with E-state index in [4.69, 9.17) is 5.26 Å². The number of benzene rings is 2. The number of nitriles is 1. The molecule has 0 aliphatic heterocycles. The number of alkyl halides is 3. The molecule has 0 saturated heterocycles. The van der Waals surface area contributed by atoms with Crippen LogP contribution in [0.5, 0.6) is 0 Å². The predicted molar refractivity (Wildman–Crippen MR) is 114 cm³/mol. The summed E-state index contributed by atoms with van der Waals surface area (Å²) in [5.74, 6) is -0.402. The van der Waals surface area contributed by atoms with Crippen LogP contribution in [0, 0.1) is 11.3 Å². The van der Waals surface area contributed by atoms with Gasteiger partial charge in [0.25, 0.3) is 5.91 Å². The van der Waals surface area contributed by atoms with Gasteiger partial charge in [0.05, 0.1) is 17.2 Å². The fourth-order valence-corrected chi connectivity index (χ4v) is 3.76. The molecule has 32 heavy (non-hydrogen) atoms. The molecule has 2 aromatic carbocycles. The summed E-state index contributed by atoms with van der Waals surface area (Å²) in [7, 11) is 0. The van der Waals surface area contributed by atoms with Crippen molar-refractivity contribution in [1.29, 1.82) is 5.26 Å². The van der Waals surface area contributed by atoms with Crippen molar-refractivity contribution in [1.82, 2.24) is 5.32 Å². The number of carbonyl (C=O) groups excluding carboxylic acids is 2. The first kappa shape index (κ1) is 23.1. The minimum Gasteiger partial charge on any atom is -0.382 e. The average molecular weight is 444 g/mol. The second-order valence-electron chi connectivity index (χ2n) is 7.79. The molecule has 0 unspecified atom stereocenters. The molecule has 0 radical (unpaired) electrons. The van der Waals surface area contributed by atoms with Crippen molar-refractivity contribution in [2.45, 2.75) is 50.9 Å². The maximum atomic E-state index is 13.1. The highest BCUT2D eigenvalue weighted by atomic mass is 19.4. The number of anilines is 2. The van der Waals surface area contributed by atoms with Gasteiger partial charge in [-0.25, -0.2) is 0 Å². The van der Waals surface area contributed by atoms with Gasteiger partial charge in [0.1, 0.15) is 0 Å². The molecule has 6 nitrogen and oxygen atoms in total. The summed E-state index contributed by atoms with van der Waals surface area (Å²) in [5, 5.41) is 17.6. The van der Waals surface area contributed by atoms with E-state index in [0.717, 1.165) is 6.07 Å². The zero-order valence-electron chi connectivity index (χ0n) is 17.4. The quantitative estimate of drug-likeness (QED) is 0.624. The number of amides is 2. The first-order chi connectivity index (χ1) is 15.2. The van der Waals surface area contributed by atoms with Crippen molar-refractivity contribution < 1.29 is 22.8 Å². The third-order valence-electron chi connectivity index (χ3n) is 5.35. The van der Waals surface area contributed by atoms with Crippen LogP contribution in [0.2, 0.25) is 0 Å². The number of rotatable bonds is 5. The Morgan fingerprint density at radius 1 is 0.969 bits per heavy atom. The monoisotopic (exact) mass is 444 g/mol. The van der Waals surface area contributed by atoms with Crippen molar-refractivity contribution in [3.05, 3.63) is 59.2 Å². The molecule has 3 rings (SSSR count). The van der Waals surface area contributed by atoms with Crippen LogP contribution in [-0.2, 0) is 11.0 Å². The molecule has 1 saturated carbocycles. The molecule has 0 heterocycles. The van der Waals surface area contributed by atoms with Gasteiger partial charge < -0.3 is 16.0 Å². The predicted octanol–water partition coefficient (Wildman–Crippen LogP) is 4.69. The van der Waals surface area contributed by atoms with Crippen LogP contribution in [-0.4, -0.2) is 23.9 Å². The van der Waals surface area contributed by atoms with Crippen LogP contribution in [0.4, 0.5) is 24.5 Å². The highest BCUT2D eigenvalue weighted by molar-refractivity contribution is 5.95. The van der Waals surface area contributed by atoms with Crippen molar-refractivity contribution >= 4 is 23.2 Å². The van der Waals surface area contributed by atoms with Crippen molar-refractivity contribution in [2.24, 2.45) is 0 Å². The van der Waals surface area contributed by atoms with E-state index in [2.05, 4.69) is 16.0 Å². The van der Waals surface area contributed by atoms with Crippen LogP contribution in [0.25, 0.3) is 0 Å². The Bertz CT molecular complexity index is 1020. The Balaban J connectivity index is 1.53. The van der Waals surface area contributed by atoms with Gasteiger partial charge in [0, 0.05) is 35.9 Å². The Hall–Kier alpha value is -3.54. The molecule has 0 bridgehead atoms. The van der Waals surface area contributed by atoms with Gasteiger partial charge >= 0.3 is 6.18 Å². The lowest BCUT2D eigenvalue weighted by Crippen LogP contribution is -2.40. The molecule has 0 aromatic heterocycles. The summed E-state index contributed by atoms with van der Waals surface area (Å²) in [6.45, 7) is 1.41. The Kier molecular flexibility index (Phi) is 7.03. The zero-order valence-corrected chi connectivity index (χ0v) is 17.4. The number of hydrogen-bond donors (Lipinski definition) is 3. The lowest BCUT2D eigenvalue weighted by molar-refractivity contribution is -0.137. The number of carbonyl (C=O) groups is 2. The molecule has 9 heteroatoms. The Labute approximate surface area is 183 Å². The highest BCUT2D eigenvalue weighted by Crippen LogP contribution is 2.34. The van der Waals surface area contributed by atoms with E-state index in [1.54, 1.807) is 30.3 Å². The standard InChI is InChI=1S/C23H23F3N4O2/c1-14(31)28-17-5-2-15(3-6-17)22(32)30-19-10-8-18(9-11-19)29-20-7-4-16(13-27)21(12-20)23(24,25)26/h2-7,12,18-19,29H,8-11H2,1H3,(H,28,31)(H,30,32). The first-order valence-corrected chi connectivity index (χ1v) is 10.2. The Morgan fingerprint density at radius 3 is 2.12 bits per heavy atom. The number of hydrogen-bond acceptors (Lipinski definition) is 4. The molecular weight excluding hydrogens is 421 g/mol. The molecule has 0 atom stereocenters. The van der Waals surface area contributed by atoms with E-state index in [0.29, 0.717) is 42.6 Å². The minimum atomic E-state index is -4.59. The maximum Gasteiger partial charge on any atom is 0.417 e. The molecule has 1 aliphatic rings. The third kappa shape index (κ3) is 6.00. The summed E-state index contributed by atoms with van der Waals surface area (Å²) >= 11 is 0. The van der Waals surface area contributed by atoms with E-state index in [9.17, 15) is 22.8 Å². The maximum absolute atomic E-state index is 13.1. The van der Waals surface area contributed by atoms with Crippen LogP contribution < -0.4 is 16.0 Å². The summed E-state index contributed by atoms with van der Waals surface area (Å²) < 4.78 is 39.4. The van der Waals surface area contributed by atoms with Gasteiger partial charge in [-0.3, -0.25) is 9.59 Å². The molecule has 168 valence electrons. The third-order valence-corrected chi connectivity index (χ3v) is 5.35. The highest BCUT2D eigenvalue weighted by Gasteiger charge is 2.34. The number of nitrogens with one attached hydrogen (secondary N) is 3. The summed E-state index contributed by atoms with van der Waals surface area (Å²) in [5.41, 5.74) is 0.0619. The molecule has 1 aliphatic carbocycles. The summed E-state index contributed by atoms with van der Waals surface area (Å²) in [4.78, 5) is 23.5. The zero-order chi connectivity index (χ0) is 23.3. The van der Waals surface area contributed by atoms with Crippen molar-refractivity contribution in [2.75, 3.05) is 10.6 Å². The SMILES string of the molecule is CC(=O)Nc1ccc(C(=O)NC2CCC(Nc3ccc(C#N)c(C(F)(F)F)c3)CC2)cc1. The topological polar surface area (TPSA) is 94.0 Å². The van der Waals surface area contributed by atoms with Crippen LogP contribution in [0.3, 0.4) is 0 Å². The molecule has 2 amide bonds. The molecule has 1 fully saturated rings. The van der Waals surface area contributed by atoms with Gasteiger partial charge in [-0.15, -0.1) is 0 Å². The second kappa shape index (κ2) is 9.73. The molecule has 2 aromatic rings. The fourth-order valence-electron chi connectivity index (χ4n) is 3.76. The van der Waals surface area contributed by atoms with E-state index >= 15 is 0 Å². The molecule has 0 spiro atoms. The summed E-state index contributed by atoms with van der Waals surface area (Å²) in [6, 6.07) is 11.7. The fraction of sp³-hybridized carbons (Fsp3) is 0.348. The second-order valence-corrected chi connectivity index (χ2v) is 7.79. The summed E-state index contributed by atoms with van der Waals surface area (Å²) in [6.07, 6.45) is -1.84. The Morgan fingerprint density at radius 2 is 1.56 bits per heavy atom. The van der Waals surface area contributed by atoms with Gasteiger partial charge in [-0.05, 0) is 68.1 Å². The van der Waals surface area contributed by atoms with Gasteiger partial charge in [0.15, 0.2) is 0 Å². The minimum absolute atomic E-state index is 0.0193. The molecular formula is C23H23F3N4O2. The lowest BCUT2D eigenvalue weighted by Gasteiger charge is -2.30. The van der Waals surface area contributed by atoms with Gasteiger partial charge in [0.2, 0.25) is 5.91 Å². The first-order valence-electron chi connectivity index (χ1n) is 10.2. The van der Waals surface area contributed by atoms with Crippen molar-refractivity contribution in [3.63, 3.8) is 0 Å². The van der Waals surface area contributed by atoms with Crippen LogP contribution in [0.1, 0.15) is 54.1 Å². The lowest BCUT2D eigenvalue weighted by atomic mass is 9.90. The van der Waals surface area contributed by atoms with Crippen LogP contribution in [0.15, 0.2) is 42.5 Å². The van der Waals surface area contributed by atoms with Crippen LogP contribution >= 0.6 is 0 Å². The van der Waals surface area contributed by atoms with E-state index in [1.165, 1.54) is 19.1 Å². The number of halogens is 3.